The van der Waals surface area contributed by atoms with E-state index in [1.807, 2.05) is 6.07 Å². The van der Waals surface area contributed by atoms with Crippen LogP contribution in [-0.4, -0.2) is 9.97 Å². The second-order valence-corrected chi connectivity index (χ2v) is 3.03. The van der Waals surface area contributed by atoms with Crippen LogP contribution in [0, 0.1) is 6.92 Å². The molecule has 2 aromatic heterocycles. The van der Waals surface area contributed by atoms with E-state index in [4.69, 9.17) is 4.42 Å². The van der Waals surface area contributed by atoms with Crippen LogP contribution in [0.1, 0.15) is 5.89 Å². The standard InChI is InChI=1S/C7H5BrN2O/c1-4-10-7-6(11-4)5(8)2-3-9-7/h2-3H,1H3. The van der Waals surface area contributed by atoms with E-state index in [2.05, 4.69) is 25.9 Å². The summed E-state index contributed by atoms with van der Waals surface area (Å²) in [5.41, 5.74) is 1.36. The minimum atomic E-state index is 0.638. The van der Waals surface area contributed by atoms with Gasteiger partial charge in [0.1, 0.15) is 0 Å². The van der Waals surface area contributed by atoms with Crippen LogP contribution in [0.3, 0.4) is 0 Å². The minimum Gasteiger partial charge on any atom is -0.438 e. The highest BCUT2D eigenvalue weighted by molar-refractivity contribution is 9.10. The molecule has 0 aromatic carbocycles. The fourth-order valence-electron chi connectivity index (χ4n) is 0.908. The number of nitrogens with zero attached hydrogens (tertiary/aromatic N) is 2. The van der Waals surface area contributed by atoms with E-state index in [1.54, 1.807) is 13.1 Å². The van der Waals surface area contributed by atoms with Crippen LogP contribution in [-0.2, 0) is 0 Å². The van der Waals surface area contributed by atoms with Crippen LogP contribution in [0.5, 0.6) is 0 Å². The molecule has 3 nitrogen and oxygen atoms in total. The fraction of sp³-hybridized carbons (Fsp3) is 0.143. The van der Waals surface area contributed by atoms with Crippen LogP contribution in [0.15, 0.2) is 21.2 Å². The van der Waals surface area contributed by atoms with Crippen LogP contribution in [0.25, 0.3) is 11.2 Å². The topological polar surface area (TPSA) is 38.9 Å². The van der Waals surface area contributed by atoms with Crippen molar-refractivity contribution in [2.75, 3.05) is 0 Å². The van der Waals surface area contributed by atoms with Crippen molar-refractivity contribution >= 4 is 27.2 Å². The number of rotatable bonds is 0. The maximum Gasteiger partial charge on any atom is 0.199 e. The predicted molar refractivity (Wildman–Crippen MR) is 44.2 cm³/mol. The highest BCUT2D eigenvalue weighted by Gasteiger charge is 2.05. The van der Waals surface area contributed by atoms with E-state index >= 15 is 0 Å². The molecule has 2 heterocycles. The molecule has 0 radical (unpaired) electrons. The van der Waals surface area contributed by atoms with Crippen molar-refractivity contribution in [3.63, 3.8) is 0 Å². The molecule has 0 aliphatic rings. The first-order chi connectivity index (χ1) is 5.27. The predicted octanol–water partition coefficient (Wildman–Crippen LogP) is 2.29. The zero-order valence-electron chi connectivity index (χ0n) is 5.84. The maximum absolute atomic E-state index is 5.28. The van der Waals surface area contributed by atoms with Gasteiger partial charge in [-0.1, -0.05) is 0 Å². The van der Waals surface area contributed by atoms with E-state index in [9.17, 15) is 0 Å². The van der Waals surface area contributed by atoms with Gasteiger partial charge in [-0.3, -0.25) is 0 Å². The van der Waals surface area contributed by atoms with Crippen molar-refractivity contribution in [3.8, 4) is 0 Å². The molecule has 11 heavy (non-hydrogen) atoms. The molecule has 0 aliphatic heterocycles. The molecule has 0 amide bonds. The number of fused-ring (bicyclic) bond motifs is 1. The maximum atomic E-state index is 5.28. The van der Waals surface area contributed by atoms with E-state index < -0.39 is 0 Å². The molecule has 4 heteroatoms. The van der Waals surface area contributed by atoms with Gasteiger partial charge in [-0.15, -0.1) is 0 Å². The Morgan fingerprint density at radius 3 is 3.09 bits per heavy atom. The van der Waals surface area contributed by atoms with Crippen LogP contribution >= 0.6 is 15.9 Å². The largest absolute Gasteiger partial charge is 0.438 e. The van der Waals surface area contributed by atoms with E-state index in [-0.39, 0.29) is 0 Å². The van der Waals surface area contributed by atoms with Crippen LogP contribution < -0.4 is 0 Å². The Morgan fingerprint density at radius 2 is 2.36 bits per heavy atom. The molecule has 56 valence electrons. The first-order valence-electron chi connectivity index (χ1n) is 3.15. The van der Waals surface area contributed by atoms with Gasteiger partial charge in [-0.25, -0.2) is 4.98 Å². The number of aromatic nitrogens is 2. The summed E-state index contributed by atoms with van der Waals surface area (Å²) in [6, 6.07) is 1.83. The molecule has 0 spiro atoms. The molecular weight excluding hydrogens is 208 g/mol. The molecule has 0 saturated heterocycles. The number of hydrogen-bond acceptors (Lipinski definition) is 3. The highest BCUT2D eigenvalue weighted by Crippen LogP contribution is 2.21. The lowest BCUT2D eigenvalue weighted by atomic mass is 10.5. The molecule has 0 saturated carbocycles. The average Bonchev–Trinajstić information content (AvgIpc) is 2.31. The summed E-state index contributed by atoms with van der Waals surface area (Å²) in [7, 11) is 0. The first kappa shape index (κ1) is 6.79. The van der Waals surface area contributed by atoms with Gasteiger partial charge >= 0.3 is 0 Å². The fourth-order valence-corrected chi connectivity index (χ4v) is 1.28. The van der Waals surface area contributed by atoms with Crippen LogP contribution in [0.4, 0.5) is 0 Å². The van der Waals surface area contributed by atoms with Crippen molar-refractivity contribution in [1.82, 2.24) is 9.97 Å². The smallest absolute Gasteiger partial charge is 0.199 e. The lowest BCUT2D eigenvalue weighted by Gasteiger charge is -1.86. The molecule has 0 N–H and O–H groups in total. The van der Waals surface area contributed by atoms with Crippen molar-refractivity contribution in [1.29, 1.82) is 0 Å². The zero-order valence-corrected chi connectivity index (χ0v) is 7.42. The number of hydrogen-bond donors (Lipinski definition) is 0. The van der Waals surface area contributed by atoms with Crippen molar-refractivity contribution < 1.29 is 4.42 Å². The molecule has 2 aromatic rings. The summed E-state index contributed by atoms with van der Waals surface area (Å²) in [6.07, 6.45) is 1.69. The first-order valence-corrected chi connectivity index (χ1v) is 3.94. The van der Waals surface area contributed by atoms with Gasteiger partial charge in [0.15, 0.2) is 17.1 Å². The Balaban J connectivity index is 2.90. The highest BCUT2D eigenvalue weighted by atomic mass is 79.9. The summed E-state index contributed by atoms with van der Waals surface area (Å²) in [5.74, 6) is 0.638. The molecule has 0 atom stereocenters. The quantitative estimate of drug-likeness (QED) is 0.673. The summed E-state index contributed by atoms with van der Waals surface area (Å²) in [4.78, 5) is 8.09. The van der Waals surface area contributed by atoms with Gasteiger partial charge in [0, 0.05) is 13.1 Å². The Hall–Kier alpha value is -0.900. The molecule has 2 rings (SSSR count). The Morgan fingerprint density at radius 1 is 1.55 bits per heavy atom. The van der Waals surface area contributed by atoms with E-state index in [0.29, 0.717) is 17.1 Å². The van der Waals surface area contributed by atoms with Gasteiger partial charge < -0.3 is 4.42 Å². The second-order valence-electron chi connectivity index (χ2n) is 2.18. The Labute approximate surface area is 71.6 Å². The number of aryl methyl sites for hydroxylation is 1. The lowest BCUT2D eigenvalue weighted by Crippen LogP contribution is -1.74. The molecule has 0 unspecified atom stereocenters. The third kappa shape index (κ3) is 1.03. The number of oxazole rings is 1. The summed E-state index contributed by atoms with van der Waals surface area (Å²) >= 11 is 3.34. The van der Waals surface area contributed by atoms with Gasteiger partial charge in [-0.2, -0.15) is 4.98 Å². The minimum absolute atomic E-state index is 0.638. The summed E-state index contributed by atoms with van der Waals surface area (Å²) in [5, 5.41) is 0. The number of halogens is 1. The monoisotopic (exact) mass is 212 g/mol. The Kier molecular flexibility index (Phi) is 1.42. The molecular formula is C7H5BrN2O. The van der Waals surface area contributed by atoms with Gasteiger partial charge in [0.05, 0.1) is 4.47 Å². The zero-order chi connectivity index (χ0) is 7.84. The molecule has 0 bridgehead atoms. The van der Waals surface area contributed by atoms with E-state index in [0.717, 1.165) is 4.47 Å². The molecule has 0 aliphatic carbocycles. The second kappa shape index (κ2) is 2.30. The lowest BCUT2D eigenvalue weighted by molar-refractivity contribution is 0.559. The molecule has 0 fully saturated rings. The van der Waals surface area contributed by atoms with Crippen molar-refractivity contribution in [3.05, 3.63) is 22.6 Å². The van der Waals surface area contributed by atoms with Crippen molar-refractivity contribution in [2.24, 2.45) is 0 Å². The van der Waals surface area contributed by atoms with Gasteiger partial charge in [-0.05, 0) is 22.0 Å². The summed E-state index contributed by atoms with van der Waals surface area (Å²) < 4.78 is 6.17. The normalized spacial score (nSPS) is 10.7. The third-order valence-electron chi connectivity index (χ3n) is 1.35. The number of pyridine rings is 1. The summed E-state index contributed by atoms with van der Waals surface area (Å²) in [6.45, 7) is 1.80. The van der Waals surface area contributed by atoms with E-state index in [1.165, 1.54) is 0 Å². The Bertz CT molecular complexity index is 396. The van der Waals surface area contributed by atoms with Crippen molar-refractivity contribution in [2.45, 2.75) is 6.92 Å². The third-order valence-corrected chi connectivity index (χ3v) is 1.98. The van der Waals surface area contributed by atoms with Crippen LogP contribution in [0.2, 0.25) is 0 Å². The van der Waals surface area contributed by atoms with Gasteiger partial charge in [0.2, 0.25) is 0 Å². The van der Waals surface area contributed by atoms with Gasteiger partial charge in [0.25, 0.3) is 0 Å². The SMILES string of the molecule is Cc1nc2nccc(Br)c2o1. The average molecular weight is 213 g/mol.